The monoisotopic (exact) mass is 378 g/mol. The van der Waals surface area contributed by atoms with Gasteiger partial charge in [0.1, 0.15) is 6.10 Å². The van der Waals surface area contributed by atoms with Crippen LogP contribution in [0.1, 0.15) is 24.8 Å². The van der Waals surface area contributed by atoms with Gasteiger partial charge in [0.2, 0.25) is 0 Å². The van der Waals surface area contributed by atoms with Crippen molar-refractivity contribution in [1.82, 2.24) is 10.2 Å². The van der Waals surface area contributed by atoms with E-state index in [0.717, 1.165) is 31.4 Å². The maximum atomic E-state index is 12.9. The number of carbonyl (C=O) groups is 1. The number of morpholine rings is 1. The van der Waals surface area contributed by atoms with Crippen LogP contribution >= 0.6 is 0 Å². The van der Waals surface area contributed by atoms with Crippen LogP contribution in [0.15, 0.2) is 18.2 Å². The molecule has 1 atom stereocenters. The molecule has 150 valence electrons. The van der Waals surface area contributed by atoms with E-state index in [0.29, 0.717) is 50.5 Å². The van der Waals surface area contributed by atoms with Gasteiger partial charge in [-0.1, -0.05) is 6.07 Å². The first-order chi connectivity index (χ1) is 13.2. The van der Waals surface area contributed by atoms with Crippen molar-refractivity contribution in [1.29, 1.82) is 0 Å². The van der Waals surface area contributed by atoms with Crippen LogP contribution in [-0.4, -0.2) is 70.1 Å². The second kappa shape index (κ2) is 9.92. The predicted octanol–water partition coefficient (Wildman–Crippen LogP) is 1.59. The molecule has 0 aromatic heterocycles. The number of methoxy groups -OCH3 is 2. The molecular weight excluding hydrogens is 348 g/mol. The van der Waals surface area contributed by atoms with Gasteiger partial charge >= 0.3 is 0 Å². The van der Waals surface area contributed by atoms with Gasteiger partial charge in [-0.05, 0) is 30.5 Å². The number of nitrogens with zero attached hydrogens (tertiary/aromatic N) is 1. The molecule has 0 spiro atoms. The minimum Gasteiger partial charge on any atom is -0.493 e. The predicted molar refractivity (Wildman–Crippen MR) is 101 cm³/mol. The Morgan fingerprint density at radius 1 is 1.26 bits per heavy atom. The molecule has 1 N–H and O–H groups in total. The van der Waals surface area contributed by atoms with Gasteiger partial charge in [0.05, 0.1) is 20.3 Å². The summed E-state index contributed by atoms with van der Waals surface area (Å²) in [5.41, 5.74) is 1.03. The molecule has 0 radical (unpaired) electrons. The summed E-state index contributed by atoms with van der Waals surface area (Å²) in [7, 11) is 3.31. The number of benzene rings is 1. The Hall–Kier alpha value is -1.83. The average molecular weight is 378 g/mol. The highest BCUT2D eigenvalue weighted by Gasteiger charge is 2.36. The Balaban J connectivity index is 1.67. The van der Waals surface area contributed by atoms with Crippen LogP contribution in [0.2, 0.25) is 0 Å². The summed E-state index contributed by atoms with van der Waals surface area (Å²) >= 11 is 0. The van der Waals surface area contributed by atoms with E-state index < -0.39 is 0 Å². The minimum atomic E-state index is -0.387. The summed E-state index contributed by atoms with van der Waals surface area (Å²) in [6.45, 7) is 3.73. The molecule has 7 nitrogen and oxygen atoms in total. The van der Waals surface area contributed by atoms with E-state index in [4.69, 9.17) is 18.9 Å². The van der Waals surface area contributed by atoms with E-state index in [1.165, 1.54) is 0 Å². The maximum Gasteiger partial charge on any atom is 0.253 e. The van der Waals surface area contributed by atoms with Crippen LogP contribution < -0.4 is 14.8 Å². The number of carbonyl (C=O) groups excluding carboxylic acids is 1. The van der Waals surface area contributed by atoms with Gasteiger partial charge in [0.15, 0.2) is 11.5 Å². The van der Waals surface area contributed by atoms with E-state index in [2.05, 4.69) is 5.32 Å². The van der Waals surface area contributed by atoms with Crippen molar-refractivity contribution in [3.8, 4) is 11.5 Å². The number of rotatable bonds is 10. The normalized spacial score (nSPS) is 19.6. The van der Waals surface area contributed by atoms with Gasteiger partial charge in [-0.15, -0.1) is 0 Å². The van der Waals surface area contributed by atoms with Crippen molar-refractivity contribution in [2.24, 2.45) is 0 Å². The van der Waals surface area contributed by atoms with Crippen molar-refractivity contribution < 1.29 is 23.7 Å². The summed E-state index contributed by atoms with van der Waals surface area (Å²) in [5.74, 6) is 1.47. The molecule has 1 heterocycles. The van der Waals surface area contributed by atoms with Gasteiger partial charge in [-0.2, -0.15) is 0 Å². The van der Waals surface area contributed by atoms with E-state index in [-0.39, 0.29) is 12.0 Å². The van der Waals surface area contributed by atoms with Crippen LogP contribution in [0, 0.1) is 0 Å². The highest BCUT2D eigenvalue weighted by Crippen LogP contribution is 2.32. The molecule has 7 heteroatoms. The lowest BCUT2D eigenvalue weighted by molar-refractivity contribution is -0.146. The van der Waals surface area contributed by atoms with Crippen LogP contribution in [0.25, 0.3) is 0 Å². The van der Waals surface area contributed by atoms with E-state index in [1.807, 2.05) is 23.1 Å². The van der Waals surface area contributed by atoms with Crippen molar-refractivity contribution in [2.45, 2.75) is 38.0 Å². The summed E-state index contributed by atoms with van der Waals surface area (Å²) in [6.07, 6.45) is 2.54. The van der Waals surface area contributed by atoms with Gasteiger partial charge in [0.25, 0.3) is 5.91 Å². The van der Waals surface area contributed by atoms with Gasteiger partial charge in [-0.25, -0.2) is 0 Å². The molecule has 2 fully saturated rings. The van der Waals surface area contributed by atoms with Crippen LogP contribution in [0.3, 0.4) is 0 Å². The smallest absolute Gasteiger partial charge is 0.253 e. The van der Waals surface area contributed by atoms with Crippen molar-refractivity contribution in [3.05, 3.63) is 23.8 Å². The highest BCUT2D eigenvalue weighted by molar-refractivity contribution is 5.82. The first-order valence-corrected chi connectivity index (χ1v) is 9.64. The molecule has 1 aromatic carbocycles. The second-order valence-electron chi connectivity index (χ2n) is 6.94. The summed E-state index contributed by atoms with van der Waals surface area (Å²) in [4.78, 5) is 14.9. The fourth-order valence-corrected chi connectivity index (χ4v) is 3.20. The topological polar surface area (TPSA) is 69.3 Å². The zero-order valence-electron chi connectivity index (χ0n) is 16.2. The number of nitrogens with one attached hydrogen (secondary N) is 1. The molecule has 3 rings (SSSR count). The lowest BCUT2D eigenvalue weighted by Gasteiger charge is -2.30. The van der Waals surface area contributed by atoms with Crippen molar-refractivity contribution in [3.63, 3.8) is 0 Å². The first-order valence-electron chi connectivity index (χ1n) is 9.64. The minimum absolute atomic E-state index is 0.0723. The molecule has 1 saturated carbocycles. The standard InChI is InChI=1S/C20H30N2O5/c1-24-9-3-10-26-18-12-15(4-7-17(18)25-2)14-22(16-5-6-16)20(23)19-13-21-8-11-27-19/h4,7,12,16,19,21H,3,5-6,8-11,13-14H2,1-2H3. The van der Waals surface area contributed by atoms with Gasteiger partial charge in [-0.3, -0.25) is 4.79 Å². The zero-order valence-corrected chi connectivity index (χ0v) is 16.2. The molecule has 1 aliphatic carbocycles. The fraction of sp³-hybridized carbons (Fsp3) is 0.650. The van der Waals surface area contributed by atoms with Crippen LogP contribution in [0.4, 0.5) is 0 Å². The molecule has 1 unspecified atom stereocenters. The van der Waals surface area contributed by atoms with E-state index >= 15 is 0 Å². The van der Waals surface area contributed by atoms with Crippen molar-refractivity contribution >= 4 is 5.91 Å². The average Bonchev–Trinajstić information content (AvgIpc) is 3.55. The molecule has 27 heavy (non-hydrogen) atoms. The molecule has 1 saturated heterocycles. The largest absolute Gasteiger partial charge is 0.493 e. The quantitative estimate of drug-likeness (QED) is 0.624. The fourth-order valence-electron chi connectivity index (χ4n) is 3.20. The zero-order chi connectivity index (χ0) is 19.1. The molecule has 1 amide bonds. The Labute approximate surface area is 160 Å². The van der Waals surface area contributed by atoms with E-state index in [1.54, 1.807) is 14.2 Å². The van der Waals surface area contributed by atoms with E-state index in [9.17, 15) is 4.79 Å². The lowest BCUT2D eigenvalue weighted by Crippen LogP contribution is -2.49. The van der Waals surface area contributed by atoms with Crippen molar-refractivity contribution in [2.75, 3.05) is 47.1 Å². The summed E-state index contributed by atoms with van der Waals surface area (Å²) in [5, 5.41) is 3.23. The van der Waals surface area contributed by atoms with Crippen LogP contribution in [-0.2, 0) is 20.8 Å². The number of amides is 1. The lowest BCUT2D eigenvalue weighted by atomic mass is 10.1. The summed E-state index contributed by atoms with van der Waals surface area (Å²) in [6, 6.07) is 6.17. The Morgan fingerprint density at radius 3 is 2.78 bits per heavy atom. The number of hydrogen-bond donors (Lipinski definition) is 1. The molecule has 1 aromatic rings. The first kappa shape index (κ1) is 19.9. The SMILES string of the molecule is COCCCOc1cc(CN(C(=O)C2CNCCO2)C2CC2)ccc1OC. The third-order valence-corrected chi connectivity index (χ3v) is 4.81. The van der Waals surface area contributed by atoms with Crippen LogP contribution in [0.5, 0.6) is 11.5 Å². The molecule has 2 aliphatic rings. The third-order valence-electron chi connectivity index (χ3n) is 4.81. The Kier molecular flexibility index (Phi) is 7.32. The third kappa shape index (κ3) is 5.57. The van der Waals surface area contributed by atoms with Gasteiger partial charge in [0, 0.05) is 45.8 Å². The molecule has 1 aliphatic heterocycles. The Morgan fingerprint density at radius 2 is 2.11 bits per heavy atom. The second-order valence-corrected chi connectivity index (χ2v) is 6.94. The van der Waals surface area contributed by atoms with Gasteiger partial charge < -0.3 is 29.2 Å². The number of ether oxygens (including phenoxy) is 4. The highest BCUT2D eigenvalue weighted by atomic mass is 16.5. The Bertz CT molecular complexity index is 614. The number of hydrogen-bond acceptors (Lipinski definition) is 6. The molecular formula is C20H30N2O5. The maximum absolute atomic E-state index is 12.9. The summed E-state index contributed by atoms with van der Waals surface area (Å²) < 4.78 is 22.0. The molecule has 0 bridgehead atoms.